The first-order valence-electron chi connectivity index (χ1n) is 13.1. The van der Waals surface area contributed by atoms with Gasteiger partial charge >= 0.3 is 0 Å². The van der Waals surface area contributed by atoms with Crippen molar-refractivity contribution in [3.05, 3.63) is 125 Å². The number of fused-ring (bicyclic) bond motifs is 10. The lowest BCUT2D eigenvalue weighted by Crippen LogP contribution is -2.18. The van der Waals surface area contributed by atoms with Gasteiger partial charge in [-0.2, -0.15) is 0 Å². The second-order valence-electron chi connectivity index (χ2n) is 11.0. The molecule has 2 aliphatic rings. The molecule has 0 spiro atoms. The van der Waals surface area contributed by atoms with Gasteiger partial charge in [-0.3, -0.25) is 4.57 Å². The Morgan fingerprint density at radius 3 is 2.51 bits per heavy atom. The predicted molar refractivity (Wildman–Crippen MR) is 157 cm³/mol. The van der Waals surface area contributed by atoms with Crippen LogP contribution in [0.15, 0.2) is 97.2 Å². The van der Waals surface area contributed by atoms with E-state index in [2.05, 4.69) is 112 Å². The summed E-state index contributed by atoms with van der Waals surface area (Å²) in [5.74, 6) is 0.962. The molecule has 2 heteroatoms. The molecule has 37 heavy (non-hydrogen) atoms. The van der Waals surface area contributed by atoms with E-state index in [9.17, 15) is 0 Å². The summed E-state index contributed by atoms with van der Waals surface area (Å²) in [6, 6.07) is 22.1. The van der Waals surface area contributed by atoms with Gasteiger partial charge in [-0.1, -0.05) is 92.8 Å². The van der Waals surface area contributed by atoms with Crippen LogP contribution >= 0.6 is 0 Å². The number of benzene rings is 3. The highest BCUT2D eigenvalue weighted by Gasteiger charge is 2.42. The monoisotopic (exact) mass is 478 g/mol. The van der Waals surface area contributed by atoms with E-state index < -0.39 is 0 Å². The highest BCUT2D eigenvalue weighted by atomic mass is 15.1. The zero-order valence-electron chi connectivity index (χ0n) is 21.9. The molecule has 0 saturated heterocycles. The molecule has 2 aliphatic carbocycles. The Bertz CT molecular complexity index is 1840. The lowest BCUT2D eigenvalue weighted by Gasteiger charge is -2.26. The third-order valence-electron chi connectivity index (χ3n) is 8.63. The van der Waals surface area contributed by atoms with Gasteiger partial charge in [0.05, 0.1) is 11.0 Å². The average Bonchev–Trinajstić information content (AvgIpc) is 3.50. The van der Waals surface area contributed by atoms with Gasteiger partial charge in [0.25, 0.3) is 0 Å². The molecule has 7 rings (SSSR count). The van der Waals surface area contributed by atoms with Gasteiger partial charge in [0.15, 0.2) is 0 Å². The number of nitrogens with zero attached hydrogens (tertiary/aromatic N) is 2. The van der Waals surface area contributed by atoms with Gasteiger partial charge < -0.3 is 0 Å². The van der Waals surface area contributed by atoms with Crippen molar-refractivity contribution < 1.29 is 0 Å². The molecule has 0 atom stereocenters. The Labute approximate surface area is 218 Å². The first kappa shape index (κ1) is 22.1. The van der Waals surface area contributed by atoms with Gasteiger partial charge in [0.2, 0.25) is 0 Å². The molecule has 0 radical (unpaired) electrons. The van der Waals surface area contributed by atoms with E-state index in [-0.39, 0.29) is 5.41 Å². The van der Waals surface area contributed by atoms with Gasteiger partial charge in [0.1, 0.15) is 5.82 Å². The fraction of sp³-hybridized carbons (Fsp3) is 0.171. The van der Waals surface area contributed by atoms with Crippen LogP contribution in [0.1, 0.15) is 48.6 Å². The zero-order valence-corrected chi connectivity index (χ0v) is 21.9. The van der Waals surface area contributed by atoms with Crippen molar-refractivity contribution in [2.45, 2.75) is 39.5 Å². The van der Waals surface area contributed by atoms with Gasteiger partial charge in [-0.25, -0.2) is 4.98 Å². The quantitative estimate of drug-likeness (QED) is 0.232. The topological polar surface area (TPSA) is 17.8 Å². The number of allylic oxidation sites excluding steroid dienone is 5. The van der Waals surface area contributed by atoms with Crippen LogP contribution in [0.4, 0.5) is 0 Å². The molecule has 0 N–H and O–H groups in total. The van der Waals surface area contributed by atoms with E-state index in [1.165, 1.54) is 66.3 Å². The zero-order chi connectivity index (χ0) is 25.5. The minimum atomic E-state index is -0.0677. The van der Waals surface area contributed by atoms with E-state index in [1.807, 2.05) is 12.3 Å². The largest absolute Gasteiger partial charge is 0.293 e. The van der Waals surface area contributed by atoms with Crippen molar-refractivity contribution in [3.63, 3.8) is 0 Å². The van der Waals surface area contributed by atoms with Crippen LogP contribution in [0, 0.1) is 6.92 Å². The minimum Gasteiger partial charge on any atom is -0.293 e. The third kappa shape index (κ3) is 2.84. The maximum Gasteiger partial charge on any atom is 0.137 e. The summed E-state index contributed by atoms with van der Waals surface area (Å²) in [4.78, 5) is 4.93. The normalized spacial score (nSPS) is 15.6. The number of pyridine rings is 1. The smallest absolute Gasteiger partial charge is 0.137 e. The second kappa shape index (κ2) is 7.66. The summed E-state index contributed by atoms with van der Waals surface area (Å²) in [5.41, 5.74) is 14.8. The highest BCUT2D eigenvalue weighted by molar-refractivity contribution is 6.21. The Morgan fingerprint density at radius 1 is 0.946 bits per heavy atom. The van der Waals surface area contributed by atoms with E-state index in [0.717, 1.165) is 17.8 Å². The van der Waals surface area contributed by atoms with Crippen LogP contribution < -0.4 is 0 Å². The molecular formula is C35H30N2. The van der Waals surface area contributed by atoms with Gasteiger partial charge in [-0.05, 0) is 71.4 Å². The fourth-order valence-corrected chi connectivity index (χ4v) is 6.72. The molecule has 0 bridgehead atoms. The summed E-state index contributed by atoms with van der Waals surface area (Å²) in [6.45, 7) is 13.2. The highest BCUT2D eigenvalue weighted by Crippen LogP contribution is 2.57. The Balaban J connectivity index is 1.77. The maximum atomic E-state index is 4.93. The van der Waals surface area contributed by atoms with E-state index >= 15 is 0 Å². The Morgan fingerprint density at radius 2 is 1.73 bits per heavy atom. The number of para-hydroxylation sites is 1. The van der Waals surface area contributed by atoms with Crippen molar-refractivity contribution in [2.24, 2.45) is 0 Å². The van der Waals surface area contributed by atoms with Crippen molar-refractivity contribution in [3.8, 4) is 16.9 Å². The Hall–Kier alpha value is -4.17. The predicted octanol–water partition coefficient (Wildman–Crippen LogP) is 8.87. The first-order chi connectivity index (χ1) is 17.9. The number of hydrogen-bond donors (Lipinski definition) is 0. The van der Waals surface area contributed by atoms with Crippen LogP contribution in [-0.2, 0) is 11.8 Å². The number of aromatic nitrogens is 2. The standard InChI is InChI=1S/C35H30N2/c1-6-7-13-24-22(3)35(4,5)33-27-19-23-12-8-9-14-25(23)30(27)34-32(31(24)33)26-15-10-11-16-28(26)37(34)29-18-17-21(2)20-36-29/h6-18,20H,1,19H2,2-5H3/b13-7-. The van der Waals surface area contributed by atoms with Gasteiger partial charge in [0, 0.05) is 27.9 Å². The summed E-state index contributed by atoms with van der Waals surface area (Å²) in [7, 11) is 0. The molecule has 5 aromatic rings. The number of aryl methyl sites for hydroxylation is 1. The summed E-state index contributed by atoms with van der Waals surface area (Å²) in [5, 5.41) is 2.61. The van der Waals surface area contributed by atoms with Crippen molar-refractivity contribution in [1.29, 1.82) is 0 Å². The first-order valence-corrected chi connectivity index (χ1v) is 13.1. The third-order valence-corrected chi connectivity index (χ3v) is 8.63. The van der Waals surface area contributed by atoms with Gasteiger partial charge in [-0.15, -0.1) is 0 Å². The molecule has 0 aliphatic heterocycles. The molecule has 2 heterocycles. The lowest BCUT2D eigenvalue weighted by molar-refractivity contribution is 0.634. The summed E-state index contributed by atoms with van der Waals surface area (Å²) in [6.07, 6.45) is 9.16. The molecule has 2 nitrogen and oxygen atoms in total. The Kier molecular flexibility index (Phi) is 4.57. The fourth-order valence-electron chi connectivity index (χ4n) is 6.72. The minimum absolute atomic E-state index is 0.0677. The molecule has 0 fully saturated rings. The van der Waals surface area contributed by atoms with Crippen molar-refractivity contribution >= 4 is 27.4 Å². The molecule has 0 unspecified atom stereocenters. The SMILES string of the molecule is C=C/C=C\C1=C(C)C(C)(C)c2c3c(c4c(c21)c1ccccc1n4-c1ccc(C)cn1)-c1ccccc1C3. The molecule has 0 amide bonds. The molecular weight excluding hydrogens is 448 g/mol. The van der Waals surface area contributed by atoms with Crippen LogP contribution in [0.2, 0.25) is 0 Å². The molecule has 0 saturated carbocycles. The van der Waals surface area contributed by atoms with E-state index in [1.54, 1.807) is 0 Å². The van der Waals surface area contributed by atoms with Crippen LogP contribution in [0.25, 0.3) is 44.3 Å². The van der Waals surface area contributed by atoms with E-state index in [0.29, 0.717) is 0 Å². The van der Waals surface area contributed by atoms with Crippen LogP contribution in [-0.4, -0.2) is 9.55 Å². The van der Waals surface area contributed by atoms with E-state index in [4.69, 9.17) is 4.98 Å². The number of rotatable bonds is 3. The van der Waals surface area contributed by atoms with Crippen LogP contribution in [0.5, 0.6) is 0 Å². The lowest BCUT2D eigenvalue weighted by atomic mass is 9.77. The molecule has 3 aromatic carbocycles. The summed E-state index contributed by atoms with van der Waals surface area (Å²) < 4.78 is 2.40. The van der Waals surface area contributed by atoms with Crippen molar-refractivity contribution in [2.75, 3.05) is 0 Å². The number of hydrogen-bond acceptors (Lipinski definition) is 1. The van der Waals surface area contributed by atoms with Crippen LogP contribution in [0.3, 0.4) is 0 Å². The van der Waals surface area contributed by atoms with Crippen molar-refractivity contribution in [1.82, 2.24) is 9.55 Å². The molecule has 180 valence electrons. The average molecular weight is 479 g/mol. The second-order valence-corrected chi connectivity index (χ2v) is 11.0. The summed E-state index contributed by atoms with van der Waals surface area (Å²) >= 11 is 0. The maximum absolute atomic E-state index is 4.93. The molecule has 2 aromatic heterocycles.